The van der Waals surface area contributed by atoms with Gasteiger partial charge < -0.3 is 21.3 Å². The van der Waals surface area contributed by atoms with Gasteiger partial charge in [0, 0.05) is 9.81 Å². The molecule has 0 aromatic carbocycles. The third kappa shape index (κ3) is 1.78. The summed E-state index contributed by atoms with van der Waals surface area (Å²) >= 11 is 8.24. The van der Waals surface area contributed by atoms with E-state index in [2.05, 4.69) is 25.3 Å². The van der Waals surface area contributed by atoms with Crippen LogP contribution in [0.15, 0.2) is 9.81 Å². The molecule has 4 nitrogen and oxygen atoms in total. The normalized spacial score (nSPS) is 37.2. The molecule has 1 rings (SSSR count). The molecule has 0 saturated carbocycles. The number of thiol groups is 2. The maximum Gasteiger partial charge on any atom is 0.126 e. The lowest BCUT2D eigenvalue weighted by Crippen LogP contribution is -2.50. The highest BCUT2D eigenvalue weighted by atomic mass is 32.1. The Hall–Kier alpha value is 0.280. The average molecular weight is 208 g/mol. The predicted octanol–water partition coefficient (Wildman–Crippen LogP) is -0.939. The Morgan fingerprint density at radius 3 is 2.42 bits per heavy atom. The molecule has 0 aliphatic carbocycles. The summed E-state index contributed by atoms with van der Waals surface area (Å²) in [6.07, 6.45) is -1.11. The van der Waals surface area contributed by atoms with Crippen LogP contribution in [0.1, 0.15) is 0 Å². The zero-order chi connectivity index (χ0) is 9.30. The zero-order valence-corrected chi connectivity index (χ0v) is 8.13. The van der Waals surface area contributed by atoms with Crippen molar-refractivity contribution in [2.24, 2.45) is 11.5 Å². The molecule has 0 aromatic heterocycles. The van der Waals surface area contributed by atoms with Crippen LogP contribution in [0.25, 0.3) is 0 Å². The molecule has 0 fully saturated rings. The minimum atomic E-state index is -0.620. The van der Waals surface area contributed by atoms with Gasteiger partial charge in [-0.05, 0) is 0 Å². The van der Waals surface area contributed by atoms with Crippen molar-refractivity contribution in [3.63, 3.8) is 0 Å². The average Bonchev–Trinajstić information content (AvgIpc) is 2.08. The lowest BCUT2D eigenvalue weighted by Gasteiger charge is -2.32. The molecule has 0 bridgehead atoms. The third-order valence-corrected chi connectivity index (χ3v) is 2.97. The lowest BCUT2D eigenvalue weighted by atomic mass is 10.1. The number of rotatable bonds is 1. The van der Waals surface area contributed by atoms with E-state index in [4.69, 9.17) is 21.3 Å². The van der Waals surface area contributed by atoms with Gasteiger partial charge in [0.05, 0.1) is 12.6 Å². The second kappa shape index (κ2) is 3.99. The summed E-state index contributed by atoms with van der Waals surface area (Å²) in [5, 5.41) is 8.84. The van der Waals surface area contributed by atoms with E-state index in [9.17, 15) is 0 Å². The van der Waals surface area contributed by atoms with Crippen molar-refractivity contribution >= 4 is 25.3 Å². The number of ether oxygens (including phenoxy) is 1. The van der Waals surface area contributed by atoms with Crippen LogP contribution in [0.5, 0.6) is 0 Å². The molecule has 1 aliphatic heterocycles. The van der Waals surface area contributed by atoms with Crippen LogP contribution < -0.4 is 11.5 Å². The van der Waals surface area contributed by atoms with Crippen LogP contribution in [0, 0.1) is 0 Å². The maximum atomic E-state index is 8.84. The van der Waals surface area contributed by atoms with E-state index in [-0.39, 0.29) is 6.61 Å². The summed E-state index contributed by atoms with van der Waals surface area (Å²) in [4.78, 5) is 1.13. The maximum absolute atomic E-state index is 8.84. The molecule has 0 saturated heterocycles. The first-order chi connectivity index (χ1) is 5.57. The van der Waals surface area contributed by atoms with Crippen molar-refractivity contribution in [1.29, 1.82) is 0 Å². The number of hydrogen-bond acceptors (Lipinski definition) is 6. The van der Waals surface area contributed by atoms with Gasteiger partial charge in [0.2, 0.25) is 0 Å². The zero-order valence-electron chi connectivity index (χ0n) is 6.34. The standard InChI is InChI=1S/C6H12N2O2S2/c7-3-5(12)4(11)2(1-9)10-6(3)8/h2-3,6,9,11-12H,1,7-8H2. The Morgan fingerprint density at radius 1 is 1.33 bits per heavy atom. The minimum absolute atomic E-state index is 0.163. The molecule has 1 aliphatic rings. The van der Waals surface area contributed by atoms with Crippen LogP contribution in [-0.4, -0.2) is 30.1 Å². The SMILES string of the molecule is NC1OC(CO)C(S)=C(S)C1N. The van der Waals surface area contributed by atoms with Crippen LogP contribution in [0.2, 0.25) is 0 Å². The summed E-state index contributed by atoms with van der Waals surface area (Å²) in [6.45, 7) is -0.163. The highest BCUT2D eigenvalue weighted by molar-refractivity contribution is 7.88. The van der Waals surface area contributed by atoms with Gasteiger partial charge in [-0.2, -0.15) is 0 Å². The van der Waals surface area contributed by atoms with Crippen LogP contribution >= 0.6 is 25.3 Å². The third-order valence-electron chi connectivity index (χ3n) is 1.72. The molecule has 70 valence electrons. The highest BCUT2D eigenvalue weighted by Crippen LogP contribution is 2.27. The monoisotopic (exact) mass is 208 g/mol. The van der Waals surface area contributed by atoms with Crippen LogP contribution in [-0.2, 0) is 4.74 Å². The highest BCUT2D eigenvalue weighted by Gasteiger charge is 2.30. The Balaban J connectivity index is 2.87. The van der Waals surface area contributed by atoms with Crippen LogP contribution in [0.3, 0.4) is 0 Å². The van der Waals surface area contributed by atoms with Gasteiger partial charge in [0.15, 0.2) is 0 Å². The van der Waals surface area contributed by atoms with E-state index in [1.54, 1.807) is 0 Å². The van der Waals surface area contributed by atoms with Gasteiger partial charge >= 0.3 is 0 Å². The van der Waals surface area contributed by atoms with Crippen LogP contribution in [0.4, 0.5) is 0 Å². The van der Waals surface area contributed by atoms with E-state index >= 15 is 0 Å². The first-order valence-electron chi connectivity index (χ1n) is 3.47. The van der Waals surface area contributed by atoms with Crippen molar-refractivity contribution in [3.8, 4) is 0 Å². The van der Waals surface area contributed by atoms with Crippen molar-refractivity contribution in [2.45, 2.75) is 18.4 Å². The Kier molecular flexibility index (Phi) is 3.45. The molecule has 0 amide bonds. The number of aliphatic hydroxyl groups excluding tert-OH is 1. The van der Waals surface area contributed by atoms with Gasteiger partial charge in [-0.15, -0.1) is 25.3 Å². The van der Waals surface area contributed by atoms with Gasteiger partial charge in [-0.3, -0.25) is 0 Å². The molecule has 0 aromatic rings. The largest absolute Gasteiger partial charge is 0.393 e. The summed E-state index contributed by atoms with van der Waals surface area (Å²) in [5.74, 6) is 0. The number of nitrogens with two attached hydrogens (primary N) is 2. The van der Waals surface area contributed by atoms with E-state index in [0.717, 1.165) is 0 Å². The molecule has 12 heavy (non-hydrogen) atoms. The van der Waals surface area contributed by atoms with Gasteiger partial charge in [-0.25, -0.2) is 0 Å². The summed E-state index contributed by atoms with van der Waals surface area (Å²) in [7, 11) is 0. The molecule has 3 atom stereocenters. The molecule has 5 N–H and O–H groups in total. The predicted molar refractivity (Wildman–Crippen MR) is 52.9 cm³/mol. The van der Waals surface area contributed by atoms with E-state index < -0.39 is 18.4 Å². The molecule has 6 heteroatoms. The Labute approximate surface area is 81.8 Å². The first kappa shape index (κ1) is 10.4. The topological polar surface area (TPSA) is 81.5 Å². The number of hydrogen-bond donors (Lipinski definition) is 5. The van der Waals surface area contributed by atoms with Gasteiger partial charge in [0.25, 0.3) is 0 Å². The fourth-order valence-corrected chi connectivity index (χ4v) is 1.54. The first-order valence-corrected chi connectivity index (χ1v) is 4.36. The fraction of sp³-hybridized carbons (Fsp3) is 0.667. The smallest absolute Gasteiger partial charge is 0.126 e. The van der Waals surface area contributed by atoms with E-state index in [1.807, 2.05) is 0 Å². The van der Waals surface area contributed by atoms with Crippen molar-refractivity contribution in [3.05, 3.63) is 9.81 Å². The summed E-state index contributed by atoms with van der Waals surface area (Å²) in [6, 6.07) is -0.455. The van der Waals surface area contributed by atoms with Crippen molar-refractivity contribution < 1.29 is 9.84 Å². The molecule has 0 radical (unpaired) electrons. The molecular weight excluding hydrogens is 196 g/mol. The van der Waals surface area contributed by atoms with Gasteiger partial charge in [0.1, 0.15) is 12.3 Å². The Morgan fingerprint density at radius 2 is 1.92 bits per heavy atom. The minimum Gasteiger partial charge on any atom is -0.393 e. The van der Waals surface area contributed by atoms with Crippen molar-refractivity contribution in [1.82, 2.24) is 0 Å². The molecule has 0 spiro atoms. The lowest BCUT2D eigenvalue weighted by molar-refractivity contribution is -0.0275. The summed E-state index contributed by atoms with van der Waals surface area (Å²) < 4.78 is 5.15. The fourth-order valence-electron chi connectivity index (χ4n) is 0.960. The molecule has 3 unspecified atom stereocenters. The van der Waals surface area contributed by atoms with E-state index in [1.165, 1.54) is 0 Å². The molecule has 1 heterocycles. The second-order valence-corrected chi connectivity index (χ2v) is 3.53. The summed E-state index contributed by atoms with van der Waals surface area (Å²) in [5.41, 5.74) is 11.1. The second-order valence-electron chi connectivity index (χ2n) is 2.57. The Bertz CT molecular complexity index is 206. The quantitative estimate of drug-likeness (QED) is 0.360. The van der Waals surface area contributed by atoms with Gasteiger partial charge in [-0.1, -0.05) is 0 Å². The molecular formula is C6H12N2O2S2. The van der Waals surface area contributed by atoms with Crippen molar-refractivity contribution in [2.75, 3.05) is 6.61 Å². The number of aliphatic hydroxyl groups is 1. The van der Waals surface area contributed by atoms with E-state index in [0.29, 0.717) is 9.81 Å².